The molecule has 0 amide bonds. The SMILES string of the molecule is C=CCC(CSc1ccc(Br)cc1)NCC. The van der Waals surface area contributed by atoms with Crippen molar-refractivity contribution in [3.05, 3.63) is 41.4 Å². The van der Waals surface area contributed by atoms with Gasteiger partial charge in [-0.3, -0.25) is 0 Å². The van der Waals surface area contributed by atoms with Crippen molar-refractivity contribution in [3.63, 3.8) is 0 Å². The highest BCUT2D eigenvalue weighted by atomic mass is 79.9. The molecule has 1 N–H and O–H groups in total. The third kappa shape index (κ3) is 5.19. The Morgan fingerprint density at radius 1 is 1.44 bits per heavy atom. The Hall–Kier alpha value is -0.250. The molecule has 0 bridgehead atoms. The van der Waals surface area contributed by atoms with E-state index >= 15 is 0 Å². The third-order valence-electron chi connectivity index (χ3n) is 2.21. The van der Waals surface area contributed by atoms with Crippen LogP contribution in [0.5, 0.6) is 0 Å². The summed E-state index contributed by atoms with van der Waals surface area (Å²) in [6.45, 7) is 6.95. The number of benzene rings is 1. The van der Waals surface area contributed by atoms with Gasteiger partial charge in [0.05, 0.1) is 0 Å². The average molecular weight is 300 g/mol. The molecule has 0 aliphatic carbocycles. The molecule has 0 aliphatic heterocycles. The standard InChI is InChI=1S/C13H18BrNS/c1-3-5-12(15-4-2)10-16-13-8-6-11(14)7-9-13/h3,6-9,12,15H,1,4-5,10H2,2H3. The lowest BCUT2D eigenvalue weighted by atomic mass is 10.2. The molecule has 88 valence electrons. The van der Waals surface area contributed by atoms with Crippen LogP contribution in [0.2, 0.25) is 0 Å². The topological polar surface area (TPSA) is 12.0 Å². The molecule has 1 unspecified atom stereocenters. The second kappa shape index (κ2) is 7.93. The van der Waals surface area contributed by atoms with Crippen molar-refractivity contribution in [2.45, 2.75) is 24.3 Å². The molecule has 0 spiro atoms. The summed E-state index contributed by atoms with van der Waals surface area (Å²) in [6, 6.07) is 8.98. The van der Waals surface area contributed by atoms with Crippen LogP contribution in [0.4, 0.5) is 0 Å². The molecule has 16 heavy (non-hydrogen) atoms. The van der Waals surface area contributed by atoms with Gasteiger partial charge in [-0.25, -0.2) is 0 Å². The number of hydrogen-bond acceptors (Lipinski definition) is 2. The molecule has 0 aromatic heterocycles. The van der Waals surface area contributed by atoms with E-state index in [-0.39, 0.29) is 0 Å². The fourth-order valence-corrected chi connectivity index (χ4v) is 2.67. The maximum absolute atomic E-state index is 3.79. The maximum atomic E-state index is 3.79. The average Bonchev–Trinajstić information content (AvgIpc) is 2.29. The van der Waals surface area contributed by atoms with E-state index in [4.69, 9.17) is 0 Å². The van der Waals surface area contributed by atoms with Crippen LogP contribution in [0.3, 0.4) is 0 Å². The number of nitrogens with one attached hydrogen (secondary N) is 1. The summed E-state index contributed by atoms with van der Waals surface area (Å²) in [5, 5.41) is 3.46. The zero-order chi connectivity index (χ0) is 11.8. The van der Waals surface area contributed by atoms with E-state index in [2.05, 4.69) is 59.0 Å². The molecule has 0 heterocycles. The predicted molar refractivity (Wildman–Crippen MR) is 77.1 cm³/mol. The van der Waals surface area contributed by atoms with Crippen molar-refractivity contribution in [1.29, 1.82) is 0 Å². The van der Waals surface area contributed by atoms with Gasteiger partial charge in [-0.2, -0.15) is 0 Å². The van der Waals surface area contributed by atoms with Gasteiger partial charge in [0.25, 0.3) is 0 Å². The molecule has 0 saturated carbocycles. The first-order valence-corrected chi connectivity index (χ1v) is 7.26. The van der Waals surface area contributed by atoms with Crippen molar-refractivity contribution >= 4 is 27.7 Å². The lowest BCUT2D eigenvalue weighted by Crippen LogP contribution is -2.30. The summed E-state index contributed by atoms with van der Waals surface area (Å²) in [5.41, 5.74) is 0. The third-order valence-corrected chi connectivity index (χ3v) is 3.91. The van der Waals surface area contributed by atoms with E-state index in [1.54, 1.807) is 0 Å². The smallest absolute Gasteiger partial charge is 0.0195 e. The number of rotatable bonds is 7. The number of thioether (sulfide) groups is 1. The largest absolute Gasteiger partial charge is 0.313 e. The lowest BCUT2D eigenvalue weighted by molar-refractivity contribution is 0.582. The van der Waals surface area contributed by atoms with Crippen LogP contribution in [0, 0.1) is 0 Å². The summed E-state index contributed by atoms with van der Waals surface area (Å²) in [5.74, 6) is 1.08. The molecule has 1 aromatic carbocycles. The zero-order valence-corrected chi connectivity index (χ0v) is 12.0. The van der Waals surface area contributed by atoms with E-state index in [1.165, 1.54) is 4.90 Å². The van der Waals surface area contributed by atoms with E-state index in [9.17, 15) is 0 Å². The second-order valence-corrected chi connectivity index (χ2v) is 5.55. The highest BCUT2D eigenvalue weighted by Gasteiger charge is 2.05. The summed E-state index contributed by atoms with van der Waals surface area (Å²) in [4.78, 5) is 1.31. The van der Waals surface area contributed by atoms with Crippen molar-refractivity contribution < 1.29 is 0 Å². The van der Waals surface area contributed by atoms with Gasteiger partial charge in [0.1, 0.15) is 0 Å². The van der Waals surface area contributed by atoms with Crippen molar-refractivity contribution in [3.8, 4) is 0 Å². The first-order chi connectivity index (χ1) is 7.76. The van der Waals surface area contributed by atoms with E-state index in [1.807, 2.05) is 17.8 Å². The van der Waals surface area contributed by atoms with Crippen molar-refractivity contribution in [2.24, 2.45) is 0 Å². The summed E-state index contributed by atoms with van der Waals surface area (Å²) in [6.07, 6.45) is 3.01. The Labute approximate surface area is 111 Å². The van der Waals surface area contributed by atoms with Crippen LogP contribution in [0.25, 0.3) is 0 Å². The lowest BCUT2D eigenvalue weighted by Gasteiger charge is -2.15. The van der Waals surface area contributed by atoms with Crippen LogP contribution >= 0.6 is 27.7 Å². The summed E-state index contributed by atoms with van der Waals surface area (Å²) >= 11 is 5.33. The van der Waals surface area contributed by atoms with Crippen LogP contribution in [0.15, 0.2) is 46.3 Å². The summed E-state index contributed by atoms with van der Waals surface area (Å²) in [7, 11) is 0. The summed E-state index contributed by atoms with van der Waals surface area (Å²) < 4.78 is 1.13. The first-order valence-electron chi connectivity index (χ1n) is 5.49. The first kappa shape index (κ1) is 13.8. The fourth-order valence-electron chi connectivity index (χ4n) is 1.43. The monoisotopic (exact) mass is 299 g/mol. The molecule has 0 radical (unpaired) electrons. The van der Waals surface area contributed by atoms with Gasteiger partial charge in [-0.15, -0.1) is 18.3 Å². The number of hydrogen-bond donors (Lipinski definition) is 1. The van der Waals surface area contributed by atoms with E-state index in [0.717, 1.165) is 23.2 Å². The quantitative estimate of drug-likeness (QED) is 0.601. The van der Waals surface area contributed by atoms with Gasteiger partial charge in [-0.1, -0.05) is 28.9 Å². The van der Waals surface area contributed by atoms with E-state index < -0.39 is 0 Å². The van der Waals surface area contributed by atoms with Gasteiger partial charge < -0.3 is 5.32 Å². The minimum Gasteiger partial charge on any atom is -0.313 e. The Morgan fingerprint density at radius 3 is 2.69 bits per heavy atom. The molecule has 0 saturated heterocycles. The Balaban J connectivity index is 2.41. The minimum atomic E-state index is 0.524. The molecular weight excluding hydrogens is 282 g/mol. The van der Waals surface area contributed by atoms with Gasteiger partial charge in [0, 0.05) is 21.2 Å². The molecule has 1 rings (SSSR count). The molecule has 3 heteroatoms. The predicted octanol–water partition coefficient (Wildman–Crippen LogP) is 4.10. The molecule has 1 atom stereocenters. The van der Waals surface area contributed by atoms with Gasteiger partial charge in [0.2, 0.25) is 0 Å². The Kier molecular flexibility index (Phi) is 6.85. The van der Waals surface area contributed by atoms with Gasteiger partial charge >= 0.3 is 0 Å². The van der Waals surface area contributed by atoms with Crippen molar-refractivity contribution in [2.75, 3.05) is 12.3 Å². The second-order valence-electron chi connectivity index (χ2n) is 3.54. The molecular formula is C13H18BrNS. The highest BCUT2D eigenvalue weighted by molar-refractivity contribution is 9.10. The molecule has 0 aliphatic rings. The maximum Gasteiger partial charge on any atom is 0.0195 e. The van der Waals surface area contributed by atoms with Crippen molar-refractivity contribution in [1.82, 2.24) is 5.32 Å². The van der Waals surface area contributed by atoms with Crippen LogP contribution in [0.1, 0.15) is 13.3 Å². The molecule has 0 fully saturated rings. The highest BCUT2D eigenvalue weighted by Crippen LogP contribution is 2.21. The zero-order valence-electron chi connectivity index (χ0n) is 9.58. The molecule has 1 nitrogen and oxygen atoms in total. The van der Waals surface area contributed by atoms with Gasteiger partial charge in [0.15, 0.2) is 0 Å². The number of halogens is 1. The molecule has 1 aromatic rings. The van der Waals surface area contributed by atoms with E-state index in [0.29, 0.717) is 6.04 Å². The van der Waals surface area contributed by atoms with Gasteiger partial charge in [-0.05, 0) is 37.2 Å². The van der Waals surface area contributed by atoms with Crippen LogP contribution in [-0.2, 0) is 0 Å². The van der Waals surface area contributed by atoms with Crippen LogP contribution < -0.4 is 5.32 Å². The minimum absolute atomic E-state index is 0.524. The fraction of sp³-hybridized carbons (Fsp3) is 0.385. The Morgan fingerprint density at radius 2 is 2.12 bits per heavy atom. The van der Waals surface area contributed by atoms with Crippen LogP contribution in [-0.4, -0.2) is 18.3 Å². The Bertz CT molecular complexity index is 310. The normalized spacial score (nSPS) is 12.4.